The number of nitrogens with one attached hydrogen (secondary N) is 1. The van der Waals surface area contributed by atoms with Gasteiger partial charge in [0.2, 0.25) is 0 Å². The van der Waals surface area contributed by atoms with Crippen LogP contribution in [0.25, 0.3) is 0 Å². The molecule has 0 heterocycles. The maximum atomic E-state index is 8.73. The highest BCUT2D eigenvalue weighted by Gasteiger charge is 2.21. The monoisotopic (exact) mass is 207 g/mol. The Kier molecular flexibility index (Phi) is 4.30. The Morgan fingerprint density at radius 1 is 1.27 bits per heavy atom. The van der Waals surface area contributed by atoms with Gasteiger partial charge in [-0.2, -0.15) is 0 Å². The molecule has 1 aromatic rings. The first kappa shape index (κ1) is 12.2. The second-order valence-electron chi connectivity index (χ2n) is 4.60. The van der Waals surface area contributed by atoms with Gasteiger partial charge in [0.15, 0.2) is 0 Å². The van der Waals surface area contributed by atoms with Crippen molar-refractivity contribution in [3.8, 4) is 0 Å². The second-order valence-corrected chi connectivity index (χ2v) is 4.60. The molecule has 1 rings (SSSR count). The number of hydrogen-bond acceptors (Lipinski definition) is 2. The topological polar surface area (TPSA) is 32.3 Å². The fraction of sp³-hybridized carbons (Fsp3) is 0.538. The van der Waals surface area contributed by atoms with Crippen LogP contribution in [0.15, 0.2) is 24.3 Å². The Morgan fingerprint density at radius 3 is 2.53 bits per heavy atom. The molecule has 0 spiro atoms. The first-order valence-electron chi connectivity index (χ1n) is 5.45. The van der Waals surface area contributed by atoms with Gasteiger partial charge in [0.1, 0.15) is 0 Å². The summed E-state index contributed by atoms with van der Waals surface area (Å²) in [6, 6.07) is 8.46. The molecule has 2 heteroatoms. The Labute approximate surface area is 92.3 Å². The van der Waals surface area contributed by atoms with Gasteiger partial charge in [-0.15, -0.1) is 0 Å². The van der Waals surface area contributed by atoms with Crippen molar-refractivity contribution in [1.29, 1.82) is 0 Å². The van der Waals surface area contributed by atoms with Crippen LogP contribution in [0.2, 0.25) is 0 Å². The van der Waals surface area contributed by atoms with Crippen LogP contribution in [0.3, 0.4) is 0 Å². The van der Waals surface area contributed by atoms with Gasteiger partial charge in [-0.05, 0) is 18.1 Å². The Morgan fingerprint density at radius 2 is 1.93 bits per heavy atom. The zero-order valence-corrected chi connectivity index (χ0v) is 9.88. The maximum absolute atomic E-state index is 8.73. The van der Waals surface area contributed by atoms with Gasteiger partial charge in [0, 0.05) is 18.5 Å². The lowest BCUT2D eigenvalue weighted by Crippen LogP contribution is -2.34. The Hall–Kier alpha value is -0.860. The third-order valence-corrected chi connectivity index (χ3v) is 2.73. The van der Waals surface area contributed by atoms with Gasteiger partial charge in [0.25, 0.3) is 0 Å². The van der Waals surface area contributed by atoms with Gasteiger partial charge in [-0.3, -0.25) is 0 Å². The van der Waals surface area contributed by atoms with Crippen molar-refractivity contribution in [1.82, 2.24) is 5.32 Å². The third kappa shape index (κ3) is 3.33. The summed E-state index contributed by atoms with van der Waals surface area (Å²) in [7, 11) is 0. The molecule has 1 aromatic carbocycles. The summed E-state index contributed by atoms with van der Waals surface area (Å²) in [6.45, 7) is 8.33. The molecule has 2 nitrogen and oxygen atoms in total. The molecule has 0 amide bonds. The van der Waals surface area contributed by atoms with E-state index >= 15 is 0 Å². The average Bonchev–Trinajstić information content (AvgIpc) is 2.18. The maximum Gasteiger partial charge on any atom is 0.0555 e. The molecule has 0 fully saturated rings. The molecule has 84 valence electrons. The minimum absolute atomic E-state index is 0.112. The van der Waals surface area contributed by atoms with Crippen LogP contribution in [0.5, 0.6) is 0 Å². The van der Waals surface area contributed by atoms with E-state index < -0.39 is 0 Å². The van der Waals surface area contributed by atoms with Gasteiger partial charge >= 0.3 is 0 Å². The summed E-state index contributed by atoms with van der Waals surface area (Å²) in [4.78, 5) is 0. The fourth-order valence-corrected chi connectivity index (χ4v) is 1.91. The van der Waals surface area contributed by atoms with Crippen LogP contribution in [0, 0.1) is 6.92 Å². The first-order chi connectivity index (χ1) is 7.08. The van der Waals surface area contributed by atoms with Crippen molar-refractivity contribution in [2.75, 3.05) is 19.7 Å². The summed E-state index contributed by atoms with van der Waals surface area (Å²) in [6.07, 6.45) is 0. The van der Waals surface area contributed by atoms with Crippen molar-refractivity contribution in [2.45, 2.75) is 26.2 Å². The number of hydrogen-bond donors (Lipinski definition) is 2. The molecule has 0 unspecified atom stereocenters. The third-order valence-electron chi connectivity index (χ3n) is 2.73. The average molecular weight is 207 g/mol. The summed E-state index contributed by atoms with van der Waals surface area (Å²) in [5.74, 6) is 0. The van der Waals surface area contributed by atoms with E-state index in [-0.39, 0.29) is 12.0 Å². The lowest BCUT2D eigenvalue weighted by Gasteiger charge is -2.27. The van der Waals surface area contributed by atoms with E-state index in [9.17, 15) is 0 Å². The highest BCUT2D eigenvalue weighted by atomic mass is 16.3. The van der Waals surface area contributed by atoms with E-state index in [0.29, 0.717) is 6.54 Å². The van der Waals surface area contributed by atoms with Crippen LogP contribution in [0.4, 0.5) is 0 Å². The zero-order chi connectivity index (χ0) is 11.3. The van der Waals surface area contributed by atoms with Gasteiger partial charge in [-0.25, -0.2) is 0 Å². The number of aryl methyl sites for hydroxylation is 1. The van der Waals surface area contributed by atoms with Crippen LogP contribution in [0.1, 0.15) is 25.0 Å². The standard InChI is InChI=1S/C13H21NO/c1-11-6-4-5-7-12(11)13(2,3)10-14-8-9-15/h4-7,14-15H,8-10H2,1-3H3. The predicted octanol–water partition coefficient (Wildman–Crippen LogP) is 1.85. The molecule has 0 bridgehead atoms. The molecule has 0 saturated heterocycles. The number of benzene rings is 1. The molecule has 0 aliphatic heterocycles. The zero-order valence-electron chi connectivity index (χ0n) is 9.88. The van der Waals surface area contributed by atoms with E-state index in [0.717, 1.165) is 6.54 Å². The van der Waals surface area contributed by atoms with Crippen molar-refractivity contribution in [2.24, 2.45) is 0 Å². The van der Waals surface area contributed by atoms with Crippen molar-refractivity contribution in [3.05, 3.63) is 35.4 Å². The van der Waals surface area contributed by atoms with Gasteiger partial charge in [0.05, 0.1) is 6.61 Å². The highest BCUT2D eigenvalue weighted by molar-refractivity contribution is 5.32. The molecule has 0 aromatic heterocycles. The molecule has 0 radical (unpaired) electrons. The first-order valence-corrected chi connectivity index (χ1v) is 5.45. The quantitative estimate of drug-likeness (QED) is 0.722. The van der Waals surface area contributed by atoms with Gasteiger partial charge in [-0.1, -0.05) is 38.1 Å². The molecule has 0 atom stereocenters. The van der Waals surface area contributed by atoms with E-state index in [1.54, 1.807) is 0 Å². The fourth-order valence-electron chi connectivity index (χ4n) is 1.91. The van der Waals surface area contributed by atoms with Gasteiger partial charge < -0.3 is 10.4 Å². The summed E-state index contributed by atoms with van der Waals surface area (Å²) in [5.41, 5.74) is 2.81. The van der Waals surface area contributed by atoms with Crippen molar-refractivity contribution < 1.29 is 5.11 Å². The molecule has 15 heavy (non-hydrogen) atoms. The van der Waals surface area contributed by atoms with Crippen LogP contribution >= 0.6 is 0 Å². The Bertz CT molecular complexity index is 307. The normalized spacial score (nSPS) is 11.7. The van der Waals surface area contributed by atoms with Crippen LogP contribution in [-0.2, 0) is 5.41 Å². The summed E-state index contributed by atoms with van der Waals surface area (Å²) < 4.78 is 0. The summed E-state index contributed by atoms with van der Waals surface area (Å²) in [5, 5.41) is 12.0. The second kappa shape index (κ2) is 5.29. The number of rotatable bonds is 5. The SMILES string of the molecule is Cc1ccccc1C(C)(C)CNCCO. The van der Waals surface area contributed by atoms with Crippen molar-refractivity contribution in [3.63, 3.8) is 0 Å². The van der Waals surface area contributed by atoms with E-state index in [4.69, 9.17) is 5.11 Å². The largest absolute Gasteiger partial charge is 0.395 e. The van der Waals surface area contributed by atoms with Crippen molar-refractivity contribution >= 4 is 0 Å². The predicted molar refractivity (Wildman–Crippen MR) is 64.2 cm³/mol. The minimum atomic E-state index is 0.112. The number of aliphatic hydroxyl groups excluding tert-OH is 1. The van der Waals surface area contributed by atoms with E-state index in [1.165, 1.54) is 11.1 Å². The molecule has 0 aliphatic rings. The lowest BCUT2D eigenvalue weighted by atomic mass is 9.82. The molecule has 2 N–H and O–H groups in total. The van der Waals surface area contributed by atoms with E-state index in [2.05, 4.69) is 50.4 Å². The minimum Gasteiger partial charge on any atom is -0.395 e. The smallest absolute Gasteiger partial charge is 0.0555 e. The highest BCUT2D eigenvalue weighted by Crippen LogP contribution is 2.25. The molecule has 0 aliphatic carbocycles. The number of aliphatic hydroxyl groups is 1. The molecular formula is C13H21NO. The summed E-state index contributed by atoms with van der Waals surface area (Å²) >= 11 is 0. The van der Waals surface area contributed by atoms with Crippen LogP contribution < -0.4 is 5.32 Å². The van der Waals surface area contributed by atoms with Crippen LogP contribution in [-0.4, -0.2) is 24.8 Å². The van der Waals surface area contributed by atoms with E-state index in [1.807, 2.05) is 0 Å². The Balaban J connectivity index is 2.72. The molecule has 0 saturated carbocycles. The lowest BCUT2D eigenvalue weighted by molar-refractivity contribution is 0.286. The molecular weight excluding hydrogens is 186 g/mol.